The van der Waals surface area contributed by atoms with Gasteiger partial charge in [-0.25, -0.2) is 4.98 Å². The van der Waals surface area contributed by atoms with Gasteiger partial charge in [0, 0.05) is 19.2 Å². The highest BCUT2D eigenvalue weighted by atomic mass is 32.1. The maximum absolute atomic E-state index is 12.3. The molecule has 2 aromatic carbocycles. The molecule has 7 nitrogen and oxygen atoms in total. The van der Waals surface area contributed by atoms with Crippen LogP contribution in [-0.2, 0) is 25.5 Å². The molecule has 0 aliphatic heterocycles. The Kier molecular flexibility index (Phi) is 7.94. The van der Waals surface area contributed by atoms with Crippen molar-refractivity contribution in [3.63, 3.8) is 0 Å². The number of aromatic nitrogens is 1. The lowest BCUT2D eigenvalue weighted by atomic mass is 10.1. The van der Waals surface area contributed by atoms with Crippen LogP contribution in [0, 0.1) is 13.8 Å². The molecule has 0 spiro atoms. The summed E-state index contributed by atoms with van der Waals surface area (Å²) in [7, 11) is 1.51. The van der Waals surface area contributed by atoms with Crippen molar-refractivity contribution < 1.29 is 19.1 Å². The average Bonchev–Trinajstić information content (AvgIpc) is 3.17. The van der Waals surface area contributed by atoms with Gasteiger partial charge in [-0.1, -0.05) is 30.3 Å². The first-order chi connectivity index (χ1) is 15.3. The molecule has 3 rings (SSSR count). The Hall–Kier alpha value is -3.26. The van der Waals surface area contributed by atoms with E-state index in [-0.39, 0.29) is 25.5 Å². The van der Waals surface area contributed by atoms with E-state index in [0.29, 0.717) is 12.8 Å². The first kappa shape index (κ1) is 23.4. The summed E-state index contributed by atoms with van der Waals surface area (Å²) in [6.07, 6.45) is 1.49. The fraction of sp³-hybridized carbons (Fsp3) is 0.333. The molecule has 0 atom stereocenters. The minimum absolute atomic E-state index is 0.123. The number of thiazole rings is 1. The van der Waals surface area contributed by atoms with Crippen molar-refractivity contribution in [1.82, 2.24) is 9.88 Å². The zero-order chi connectivity index (χ0) is 23.1. The van der Waals surface area contributed by atoms with Crippen LogP contribution in [0.3, 0.4) is 0 Å². The van der Waals surface area contributed by atoms with Crippen molar-refractivity contribution in [2.75, 3.05) is 25.5 Å². The number of hydrogen-bond acceptors (Lipinski definition) is 6. The van der Waals surface area contributed by atoms with Crippen LogP contribution in [0.15, 0.2) is 42.5 Å². The average molecular weight is 454 g/mol. The van der Waals surface area contributed by atoms with E-state index < -0.39 is 11.9 Å². The molecule has 1 heterocycles. The van der Waals surface area contributed by atoms with Gasteiger partial charge in [-0.2, -0.15) is 0 Å². The standard InChI is InChI=1S/C24H27N3O4S/c1-16-8-6-9-17(2)24(16)26-20(28)14-27(3)22(29)15-31-23(30)13-7-12-21-25-18-10-4-5-11-19(18)32-21/h4-6,8-11H,7,12-15H2,1-3H3,(H,26,28). The third-order valence-electron chi connectivity index (χ3n) is 5.02. The summed E-state index contributed by atoms with van der Waals surface area (Å²) < 4.78 is 6.21. The lowest BCUT2D eigenvalue weighted by Crippen LogP contribution is -2.37. The molecule has 0 radical (unpaired) electrons. The molecule has 3 aromatic rings. The van der Waals surface area contributed by atoms with Gasteiger partial charge in [-0.15, -0.1) is 11.3 Å². The van der Waals surface area contributed by atoms with E-state index in [2.05, 4.69) is 10.3 Å². The second kappa shape index (κ2) is 10.9. The Bertz CT molecular complexity index is 1070. The molecule has 0 aliphatic rings. The van der Waals surface area contributed by atoms with E-state index in [9.17, 15) is 14.4 Å². The Morgan fingerprint density at radius 1 is 1.06 bits per heavy atom. The van der Waals surface area contributed by atoms with Crippen LogP contribution in [0.1, 0.15) is 29.0 Å². The predicted octanol–water partition coefficient (Wildman–Crippen LogP) is 3.88. The van der Waals surface area contributed by atoms with Crippen LogP contribution >= 0.6 is 11.3 Å². The van der Waals surface area contributed by atoms with E-state index in [0.717, 1.165) is 32.0 Å². The normalized spacial score (nSPS) is 10.7. The number of anilines is 1. The highest BCUT2D eigenvalue weighted by Gasteiger charge is 2.16. The monoisotopic (exact) mass is 453 g/mol. The van der Waals surface area contributed by atoms with Gasteiger partial charge in [-0.3, -0.25) is 14.4 Å². The molecule has 0 saturated carbocycles. The zero-order valence-electron chi connectivity index (χ0n) is 18.5. The number of esters is 1. The molecule has 1 aromatic heterocycles. The lowest BCUT2D eigenvalue weighted by molar-refractivity contribution is -0.151. The number of rotatable bonds is 9. The molecule has 0 aliphatic carbocycles. The number of benzene rings is 2. The van der Waals surface area contributed by atoms with E-state index in [1.807, 2.05) is 56.3 Å². The first-order valence-electron chi connectivity index (χ1n) is 10.4. The van der Waals surface area contributed by atoms with Gasteiger partial charge in [0.05, 0.1) is 21.8 Å². The van der Waals surface area contributed by atoms with Crippen LogP contribution in [0.25, 0.3) is 10.2 Å². The van der Waals surface area contributed by atoms with Gasteiger partial charge in [0.25, 0.3) is 5.91 Å². The number of carbonyl (C=O) groups is 3. The second-order valence-corrected chi connectivity index (χ2v) is 8.77. The van der Waals surface area contributed by atoms with E-state index in [4.69, 9.17) is 4.74 Å². The largest absolute Gasteiger partial charge is 0.456 e. The van der Waals surface area contributed by atoms with Gasteiger partial charge in [0.2, 0.25) is 5.91 Å². The van der Waals surface area contributed by atoms with Crippen molar-refractivity contribution in [1.29, 1.82) is 0 Å². The quantitative estimate of drug-likeness (QED) is 0.497. The second-order valence-electron chi connectivity index (χ2n) is 7.65. The minimum atomic E-state index is -0.437. The topological polar surface area (TPSA) is 88.6 Å². The van der Waals surface area contributed by atoms with Crippen molar-refractivity contribution >= 4 is 45.0 Å². The maximum atomic E-state index is 12.3. The number of ether oxygens (including phenoxy) is 1. The third kappa shape index (κ3) is 6.37. The predicted molar refractivity (Wildman–Crippen MR) is 126 cm³/mol. The molecular weight excluding hydrogens is 426 g/mol. The Labute approximate surface area is 191 Å². The summed E-state index contributed by atoms with van der Waals surface area (Å²) in [4.78, 5) is 42.3. The molecule has 0 bridgehead atoms. The Morgan fingerprint density at radius 3 is 2.50 bits per heavy atom. The summed E-state index contributed by atoms with van der Waals surface area (Å²) in [5.41, 5.74) is 3.61. The number of para-hydroxylation sites is 2. The fourth-order valence-corrected chi connectivity index (χ4v) is 4.24. The van der Waals surface area contributed by atoms with Crippen LogP contribution in [0.5, 0.6) is 0 Å². The molecular formula is C24H27N3O4S. The highest BCUT2D eigenvalue weighted by Crippen LogP contribution is 2.23. The van der Waals surface area contributed by atoms with Gasteiger partial charge >= 0.3 is 5.97 Å². The van der Waals surface area contributed by atoms with E-state index >= 15 is 0 Å². The summed E-state index contributed by atoms with van der Waals surface area (Å²) in [6, 6.07) is 13.7. The van der Waals surface area contributed by atoms with Crippen LogP contribution in [-0.4, -0.2) is 47.9 Å². The van der Waals surface area contributed by atoms with E-state index in [1.54, 1.807) is 11.3 Å². The van der Waals surface area contributed by atoms with Crippen molar-refractivity contribution in [3.8, 4) is 0 Å². The molecule has 168 valence electrons. The number of likely N-dealkylation sites (N-methyl/N-ethyl adjacent to an activating group) is 1. The third-order valence-corrected chi connectivity index (χ3v) is 6.11. The van der Waals surface area contributed by atoms with Gasteiger partial charge in [0.1, 0.15) is 0 Å². The number of nitrogens with one attached hydrogen (secondary N) is 1. The Morgan fingerprint density at radius 2 is 1.78 bits per heavy atom. The number of fused-ring (bicyclic) bond motifs is 1. The van der Waals surface area contributed by atoms with Crippen molar-refractivity contribution in [2.24, 2.45) is 0 Å². The van der Waals surface area contributed by atoms with Crippen molar-refractivity contribution in [3.05, 3.63) is 58.6 Å². The number of hydrogen-bond donors (Lipinski definition) is 1. The summed E-state index contributed by atoms with van der Waals surface area (Å²) in [5, 5.41) is 3.81. The van der Waals surface area contributed by atoms with Crippen LogP contribution in [0.4, 0.5) is 5.69 Å². The number of nitrogens with zero attached hydrogens (tertiary/aromatic N) is 2. The number of aryl methyl sites for hydroxylation is 3. The number of amides is 2. The minimum Gasteiger partial charge on any atom is -0.456 e. The molecule has 2 amide bonds. The summed E-state index contributed by atoms with van der Waals surface area (Å²) >= 11 is 1.62. The molecule has 32 heavy (non-hydrogen) atoms. The van der Waals surface area contributed by atoms with E-state index in [1.165, 1.54) is 11.9 Å². The van der Waals surface area contributed by atoms with Crippen molar-refractivity contribution in [2.45, 2.75) is 33.1 Å². The molecule has 0 saturated heterocycles. The van der Waals surface area contributed by atoms with Gasteiger partial charge in [-0.05, 0) is 49.9 Å². The SMILES string of the molecule is Cc1cccc(C)c1NC(=O)CN(C)C(=O)COC(=O)CCCc1nc2ccccc2s1. The molecule has 1 N–H and O–H groups in total. The Balaban J connectivity index is 1.37. The summed E-state index contributed by atoms with van der Waals surface area (Å²) in [5.74, 6) is -1.17. The molecule has 0 fully saturated rings. The molecule has 0 unspecified atom stereocenters. The zero-order valence-corrected chi connectivity index (χ0v) is 19.3. The number of carbonyl (C=O) groups excluding carboxylic acids is 3. The lowest BCUT2D eigenvalue weighted by Gasteiger charge is -2.18. The maximum Gasteiger partial charge on any atom is 0.306 e. The fourth-order valence-electron chi connectivity index (χ4n) is 3.23. The smallest absolute Gasteiger partial charge is 0.306 e. The van der Waals surface area contributed by atoms with Crippen LogP contribution < -0.4 is 5.32 Å². The van der Waals surface area contributed by atoms with Gasteiger partial charge < -0.3 is 15.0 Å². The molecule has 8 heteroatoms. The van der Waals surface area contributed by atoms with Crippen LogP contribution in [0.2, 0.25) is 0 Å². The summed E-state index contributed by atoms with van der Waals surface area (Å²) in [6.45, 7) is 3.32. The van der Waals surface area contributed by atoms with Gasteiger partial charge in [0.15, 0.2) is 6.61 Å². The first-order valence-corrected chi connectivity index (χ1v) is 11.2. The highest BCUT2D eigenvalue weighted by molar-refractivity contribution is 7.18.